The first-order valence-corrected chi connectivity index (χ1v) is 6.17. The summed E-state index contributed by atoms with van der Waals surface area (Å²) < 4.78 is 1.82. The minimum absolute atomic E-state index is 0.168. The fourth-order valence-electron chi connectivity index (χ4n) is 2.03. The Balaban J connectivity index is 2.59. The van der Waals surface area contributed by atoms with Crippen molar-refractivity contribution in [2.75, 3.05) is 0 Å². The summed E-state index contributed by atoms with van der Waals surface area (Å²) in [5.41, 5.74) is 7.81. The smallest absolute Gasteiger partial charge is 0.320 e. The number of halogens is 1. The fraction of sp³-hybridized carbons (Fsp3) is 0.250. The lowest BCUT2D eigenvalue weighted by molar-refractivity contribution is -0.138. The normalized spacial score (nSPS) is 12.8. The first-order chi connectivity index (χ1) is 8.41. The van der Waals surface area contributed by atoms with Crippen LogP contribution in [-0.4, -0.2) is 27.1 Å². The van der Waals surface area contributed by atoms with Crippen LogP contribution in [0.3, 0.4) is 0 Å². The predicted molar refractivity (Wildman–Crippen MR) is 70.9 cm³/mol. The highest BCUT2D eigenvalue weighted by Gasteiger charge is 2.18. The molecule has 1 aromatic carbocycles. The SMILES string of the molecule is Cc1ccc(Br)c2c(CC(N)C(=O)O)cn(O)c12. The summed E-state index contributed by atoms with van der Waals surface area (Å²) in [5, 5.41) is 19.5. The second-order valence-corrected chi connectivity index (χ2v) is 5.09. The molecule has 5 nitrogen and oxygen atoms in total. The predicted octanol–water partition coefficient (Wildman–Crippen LogP) is 1.90. The van der Waals surface area contributed by atoms with Crippen molar-refractivity contribution in [1.82, 2.24) is 4.73 Å². The van der Waals surface area contributed by atoms with Gasteiger partial charge in [0.2, 0.25) is 0 Å². The van der Waals surface area contributed by atoms with Gasteiger partial charge in [0.25, 0.3) is 0 Å². The zero-order valence-corrected chi connectivity index (χ0v) is 11.3. The Kier molecular flexibility index (Phi) is 3.32. The fourth-order valence-corrected chi connectivity index (χ4v) is 2.60. The quantitative estimate of drug-likeness (QED) is 0.755. The van der Waals surface area contributed by atoms with Crippen LogP contribution in [-0.2, 0) is 11.2 Å². The average Bonchev–Trinajstić information content (AvgIpc) is 2.62. The van der Waals surface area contributed by atoms with Crippen LogP contribution in [0.25, 0.3) is 10.9 Å². The maximum Gasteiger partial charge on any atom is 0.320 e. The van der Waals surface area contributed by atoms with Gasteiger partial charge >= 0.3 is 5.97 Å². The van der Waals surface area contributed by atoms with Crippen LogP contribution >= 0.6 is 15.9 Å². The molecule has 2 aromatic rings. The topological polar surface area (TPSA) is 88.5 Å². The highest BCUT2D eigenvalue weighted by molar-refractivity contribution is 9.10. The van der Waals surface area contributed by atoms with Crippen molar-refractivity contribution in [3.8, 4) is 0 Å². The van der Waals surface area contributed by atoms with Gasteiger partial charge in [-0.05, 0) is 24.1 Å². The number of aromatic nitrogens is 1. The summed E-state index contributed by atoms with van der Waals surface area (Å²) in [6.45, 7) is 1.88. The van der Waals surface area contributed by atoms with E-state index in [-0.39, 0.29) is 6.42 Å². The molecule has 1 aromatic heterocycles. The highest BCUT2D eigenvalue weighted by atomic mass is 79.9. The molecule has 0 saturated carbocycles. The van der Waals surface area contributed by atoms with E-state index >= 15 is 0 Å². The molecule has 0 fully saturated rings. The third-order valence-corrected chi connectivity index (χ3v) is 3.58. The Morgan fingerprint density at radius 3 is 2.83 bits per heavy atom. The van der Waals surface area contributed by atoms with E-state index in [1.807, 2.05) is 19.1 Å². The Morgan fingerprint density at radius 2 is 2.22 bits per heavy atom. The third-order valence-electron chi connectivity index (χ3n) is 2.91. The Hall–Kier alpha value is -1.53. The van der Waals surface area contributed by atoms with Crippen molar-refractivity contribution in [3.63, 3.8) is 0 Å². The third kappa shape index (κ3) is 2.09. The summed E-state index contributed by atoms with van der Waals surface area (Å²) in [6.07, 6.45) is 1.67. The van der Waals surface area contributed by atoms with Crippen molar-refractivity contribution < 1.29 is 15.1 Å². The molecule has 1 atom stereocenters. The summed E-state index contributed by atoms with van der Waals surface area (Å²) in [6, 6.07) is 2.76. The highest BCUT2D eigenvalue weighted by Crippen LogP contribution is 2.31. The Labute approximate surface area is 112 Å². The van der Waals surface area contributed by atoms with E-state index < -0.39 is 12.0 Å². The van der Waals surface area contributed by atoms with E-state index in [0.29, 0.717) is 11.1 Å². The minimum atomic E-state index is -1.06. The second-order valence-electron chi connectivity index (χ2n) is 4.24. The van der Waals surface area contributed by atoms with E-state index in [0.717, 1.165) is 20.2 Å². The van der Waals surface area contributed by atoms with Crippen molar-refractivity contribution in [3.05, 3.63) is 33.9 Å². The molecular weight excluding hydrogens is 300 g/mol. The van der Waals surface area contributed by atoms with Crippen molar-refractivity contribution in [2.45, 2.75) is 19.4 Å². The van der Waals surface area contributed by atoms with Crippen LogP contribution in [0.1, 0.15) is 11.1 Å². The molecule has 0 aliphatic heterocycles. The lowest BCUT2D eigenvalue weighted by atomic mass is 10.0. The molecule has 1 unspecified atom stereocenters. The molecule has 1 heterocycles. The largest absolute Gasteiger partial charge is 0.480 e. The van der Waals surface area contributed by atoms with Gasteiger partial charge in [-0.15, -0.1) is 0 Å². The van der Waals surface area contributed by atoms with Gasteiger partial charge in [0.15, 0.2) is 0 Å². The van der Waals surface area contributed by atoms with Crippen molar-refractivity contribution >= 4 is 32.8 Å². The number of fused-ring (bicyclic) bond motifs is 1. The molecule has 0 amide bonds. The van der Waals surface area contributed by atoms with E-state index in [1.165, 1.54) is 6.20 Å². The standard InChI is InChI=1S/C12H13BrN2O3/c1-6-2-3-8(13)10-7(4-9(14)12(16)17)5-15(18)11(6)10/h2-3,5,9,18H,4,14H2,1H3,(H,16,17). The number of aliphatic carboxylic acids is 1. The first kappa shape index (κ1) is 12.9. The molecule has 4 N–H and O–H groups in total. The zero-order chi connectivity index (χ0) is 13.4. The number of carboxylic acid groups (broad SMARTS) is 1. The molecule has 0 spiro atoms. The molecule has 0 radical (unpaired) electrons. The molecule has 2 rings (SSSR count). The maximum atomic E-state index is 10.8. The lowest BCUT2D eigenvalue weighted by Gasteiger charge is -2.06. The van der Waals surface area contributed by atoms with E-state index in [9.17, 15) is 10.0 Å². The first-order valence-electron chi connectivity index (χ1n) is 5.38. The van der Waals surface area contributed by atoms with Crippen LogP contribution in [0, 0.1) is 6.92 Å². The summed E-state index contributed by atoms with van der Waals surface area (Å²) in [7, 11) is 0. The van der Waals surface area contributed by atoms with Gasteiger partial charge in [0, 0.05) is 22.5 Å². The van der Waals surface area contributed by atoms with Gasteiger partial charge in [0.1, 0.15) is 6.04 Å². The van der Waals surface area contributed by atoms with E-state index in [4.69, 9.17) is 10.8 Å². The minimum Gasteiger partial charge on any atom is -0.480 e. The number of rotatable bonds is 3. The Bertz CT molecular complexity index is 621. The number of hydrogen-bond acceptors (Lipinski definition) is 3. The van der Waals surface area contributed by atoms with Gasteiger partial charge < -0.3 is 16.0 Å². The summed E-state index contributed by atoms with van der Waals surface area (Å²) in [4.78, 5) is 10.8. The average molecular weight is 313 g/mol. The van der Waals surface area contributed by atoms with Crippen molar-refractivity contribution in [1.29, 1.82) is 0 Å². The molecule has 18 heavy (non-hydrogen) atoms. The molecule has 0 aliphatic rings. The summed E-state index contributed by atoms with van der Waals surface area (Å²) in [5.74, 6) is -1.06. The van der Waals surface area contributed by atoms with Gasteiger partial charge in [-0.1, -0.05) is 22.0 Å². The molecule has 0 saturated heterocycles. The van der Waals surface area contributed by atoms with Crippen LogP contribution in [0.4, 0.5) is 0 Å². The number of hydrogen-bond donors (Lipinski definition) is 3. The molecule has 96 valence electrons. The van der Waals surface area contributed by atoms with Gasteiger partial charge in [0.05, 0.1) is 5.52 Å². The molecule has 0 bridgehead atoms. The van der Waals surface area contributed by atoms with E-state index in [1.54, 1.807) is 0 Å². The number of carbonyl (C=O) groups is 1. The van der Waals surface area contributed by atoms with Gasteiger partial charge in [-0.3, -0.25) is 4.79 Å². The zero-order valence-electron chi connectivity index (χ0n) is 9.72. The lowest BCUT2D eigenvalue weighted by Crippen LogP contribution is -2.32. The van der Waals surface area contributed by atoms with Gasteiger partial charge in [-0.25, -0.2) is 0 Å². The number of nitrogens with two attached hydrogens (primary N) is 1. The van der Waals surface area contributed by atoms with Crippen LogP contribution in [0.5, 0.6) is 0 Å². The molecular formula is C12H13BrN2O3. The van der Waals surface area contributed by atoms with Crippen LogP contribution < -0.4 is 5.73 Å². The van der Waals surface area contributed by atoms with E-state index in [2.05, 4.69) is 15.9 Å². The number of aryl methyl sites for hydroxylation is 1. The Morgan fingerprint density at radius 1 is 1.56 bits per heavy atom. The number of nitrogens with zero attached hydrogens (tertiary/aromatic N) is 1. The molecule has 0 aliphatic carbocycles. The molecule has 6 heteroatoms. The monoisotopic (exact) mass is 312 g/mol. The van der Waals surface area contributed by atoms with Crippen molar-refractivity contribution in [2.24, 2.45) is 5.73 Å². The van der Waals surface area contributed by atoms with Crippen LogP contribution in [0.15, 0.2) is 22.8 Å². The summed E-state index contributed by atoms with van der Waals surface area (Å²) >= 11 is 3.41. The second kappa shape index (κ2) is 4.62. The number of benzene rings is 1. The maximum absolute atomic E-state index is 10.8. The number of carboxylic acids is 1. The van der Waals surface area contributed by atoms with Gasteiger partial charge in [-0.2, -0.15) is 4.73 Å². The van der Waals surface area contributed by atoms with Crippen LogP contribution in [0.2, 0.25) is 0 Å².